The molecule has 6 nitrogen and oxygen atoms in total. The van der Waals surface area contributed by atoms with Gasteiger partial charge in [-0.1, -0.05) is 60.4 Å². The zero-order valence-corrected chi connectivity index (χ0v) is 25.1. The summed E-state index contributed by atoms with van der Waals surface area (Å²) < 4.78 is 27.6. The third kappa shape index (κ3) is 6.11. The molecule has 4 rings (SSSR count). The highest BCUT2D eigenvalue weighted by Gasteiger charge is 2.23. The van der Waals surface area contributed by atoms with Crippen LogP contribution in [0.25, 0.3) is 10.9 Å². The molecule has 0 aliphatic heterocycles. The molecule has 3 aromatic carbocycles. The molecule has 0 aliphatic carbocycles. The third-order valence-corrected chi connectivity index (χ3v) is 7.48. The van der Waals surface area contributed by atoms with E-state index < -0.39 is 5.41 Å². The summed E-state index contributed by atoms with van der Waals surface area (Å²) in [4.78, 5) is 18.2. The van der Waals surface area contributed by atoms with Gasteiger partial charge in [-0.2, -0.15) is 9.78 Å². The molecule has 1 aromatic heterocycles. The summed E-state index contributed by atoms with van der Waals surface area (Å²) in [5.74, 6) is 0.941. The van der Waals surface area contributed by atoms with E-state index in [1.54, 1.807) is 30.3 Å². The van der Waals surface area contributed by atoms with Crippen LogP contribution in [0.4, 0.5) is 4.39 Å². The van der Waals surface area contributed by atoms with Crippen LogP contribution < -0.4 is 15.0 Å². The van der Waals surface area contributed by atoms with Crippen LogP contribution in [0.3, 0.4) is 0 Å². The van der Waals surface area contributed by atoms with Crippen molar-refractivity contribution in [2.45, 2.75) is 39.7 Å². The maximum absolute atomic E-state index is 13.5. The Balaban J connectivity index is 1.77. The molecular formula is C28H25Br2ClFN3O3. The van der Waals surface area contributed by atoms with Crippen LogP contribution in [0.15, 0.2) is 67.4 Å². The van der Waals surface area contributed by atoms with Gasteiger partial charge in [0.15, 0.2) is 11.5 Å². The monoisotopic (exact) mass is 663 g/mol. The van der Waals surface area contributed by atoms with Crippen LogP contribution >= 0.6 is 43.5 Å². The van der Waals surface area contributed by atoms with Crippen molar-refractivity contribution in [1.82, 2.24) is 9.66 Å². The number of rotatable bonds is 7. The van der Waals surface area contributed by atoms with Gasteiger partial charge < -0.3 is 9.47 Å². The summed E-state index contributed by atoms with van der Waals surface area (Å²) in [6.07, 6.45) is 1.53. The Hall–Kier alpha value is -2.75. The largest absolute Gasteiger partial charge is 0.490 e. The molecule has 0 bridgehead atoms. The summed E-state index contributed by atoms with van der Waals surface area (Å²) in [6.45, 7) is 8.30. The van der Waals surface area contributed by atoms with E-state index in [0.29, 0.717) is 44.9 Å². The lowest BCUT2D eigenvalue weighted by molar-refractivity contribution is 0.269. The number of nitrogens with zero attached hydrogens (tertiary/aromatic N) is 3. The first kappa shape index (κ1) is 28.3. The number of ether oxygens (including phenoxy) is 2. The first-order valence-corrected chi connectivity index (χ1v) is 13.7. The Labute approximate surface area is 241 Å². The molecule has 0 radical (unpaired) electrons. The summed E-state index contributed by atoms with van der Waals surface area (Å²) in [6, 6.07) is 13.1. The van der Waals surface area contributed by atoms with Crippen LogP contribution in [0, 0.1) is 5.82 Å². The molecule has 0 atom stereocenters. The average Bonchev–Trinajstić information content (AvgIpc) is 2.86. The third-order valence-electron chi connectivity index (χ3n) is 5.54. The summed E-state index contributed by atoms with van der Waals surface area (Å²) >= 11 is 13.6. The minimum Gasteiger partial charge on any atom is -0.490 e. The number of fused-ring (bicyclic) bond motifs is 1. The average molecular weight is 666 g/mol. The van der Waals surface area contributed by atoms with Gasteiger partial charge in [-0.3, -0.25) is 4.79 Å². The maximum atomic E-state index is 13.5. The molecule has 0 N–H and O–H groups in total. The fourth-order valence-corrected chi connectivity index (χ4v) is 4.71. The first-order chi connectivity index (χ1) is 18.0. The van der Waals surface area contributed by atoms with Crippen LogP contribution in [0.2, 0.25) is 5.02 Å². The quantitative estimate of drug-likeness (QED) is 0.189. The van der Waals surface area contributed by atoms with Crippen molar-refractivity contribution in [3.63, 3.8) is 0 Å². The fraction of sp³-hybridized carbons (Fsp3) is 0.250. The summed E-state index contributed by atoms with van der Waals surface area (Å²) in [5, 5.41) is 5.26. The van der Waals surface area contributed by atoms with E-state index in [4.69, 9.17) is 26.1 Å². The maximum Gasteiger partial charge on any atom is 0.282 e. The Kier molecular flexibility index (Phi) is 8.59. The van der Waals surface area contributed by atoms with Gasteiger partial charge >= 0.3 is 0 Å². The van der Waals surface area contributed by atoms with Crippen LogP contribution in [-0.4, -0.2) is 22.5 Å². The predicted octanol–water partition coefficient (Wildman–Crippen LogP) is 7.87. The van der Waals surface area contributed by atoms with Crippen LogP contribution in [0.1, 0.15) is 44.6 Å². The lowest BCUT2D eigenvalue weighted by Gasteiger charge is -2.21. The predicted molar refractivity (Wildman–Crippen MR) is 156 cm³/mol. The van der Waals surface area contributed by atoms with E-state index in [0.717, 1.165) is 10.0 Å². The highest BCUT2D eigenvalue weighted by Crippen LogP contribution is 2.42. The number of hydrogen-bond acceptors (Lipinski definition) is 5. The molecule has 10 heteroatoms. The van der Waals surface area contributed by atoms with Crippen molar-refractivity contribution in [1.29, 1.82) is 0 Å². The van der Waals surface area contributed by atoms with Crippen molar-refractivity contribution in [3.05, 3.63) is 95.6 Å². The Morgan fingerprint density at radius 2 is 1.82 bits per heavy atom. The second-order valence-corrected chi connectivity index (χ2v) is 11.6. The van der Waals surface area contributed by atoms with Crippen LogP contribution in [0.5, 0.6) is 11.5 Å². The lowest BCUT2D eigenvalue weighted by Crippen LogP contribution is -2.29. The Bertz CT molecular complexity index is 1580. The molecule has 0 amide bonds. The number of aromatic nitrogens is 2. The van der Waals surface area contributed by atoms with Gasteiger partial charge in [-0.25, -0.2) is 9.37 Å². The second-order valence-electron chi connectivity index (χ2n) is 9.48. The summed E-state index contributed by atoms with van der Waals surface area (Å²) in [7, 11) is 0. The summed E-state index contributed by atoms with van der Waals surface area (Å²) in [5.41, 5.74) is 1.20. The van der Waals surface area contributed by atoms with E-state index in [9.17, 15) is 9.18 Å². The van der Waals surface area contributed by atoms with E-state index >= 15 is 0 Å². The molecule has 198 valence electrons. The van der Waals surface area contributed by atoms with Gasteiger partial charge in [0.2, 0.25) is 0 Å². The molecule has 0 spiro atoms. The van der Waals surface area contributed by atoms with Gasteiger partial charge in [0.1, 0.15) is 23.3 Å². The molecule has 0 fully saturated rings. The van der Waals surface area contributed by atoms with Crippen molar-refractivity contribution < 1.29 is 13.9 Å². The highest BCUT2D eigenvalue weighted by atomic mass is 79.9. The van der Waals surface area contributed by atoms with Gasteiger partial charge in [-0.05, 0) is 64.8 Å². The number of halogens is 4. The van der Waals surface area contributed by atoms with E-state index in [-0.39, 0.29) is 23.0 Å². The molecular weight excluding hydrogens is 641 g/mol. The van der Waals surface area contributed by atoms with Gasteiger partial charge in [0.05, 0.1) is 23.7 Å². The second kappa shape index (κ2) is 11.6. The Morgan fingerprint density at radius 3 is 2.47 bits per heavy atom. The van der Waals surface area contributed by atoms with Gasteiger partial charge in [0, 0.05) is 19.9 Å². The van der Waals surface area contributed by atoms with Crippen molar-refractivity contribution in [2.75, 3.05) is 6.61 Å². The van der Waals surface area contributed by atoms with E-state index in [2.05, 4.69) is 37.0 Å². The number of benzene rings is 3. The molecule has 4 aromatic rings. The topological polar surface area (TPSA) is 65.7 Å². The Morgan fingerprint density at radius 1 is 1.11 bits per heavy atom. The van der Waals surface area contributed by atoms with Gasteiger partial charge in [0.25, 0.3) is 5.56 Å². The van der Waals surface area contributed by atoms with Crippen molar-refractivity contribution >= 4 is 60.6 Å². The molecule has 0 aliphatic rings. The smallest absolute Gasteiger partial charge is 0.282 e. The molecule has 1 heterocycles. The standard InChI is InChI=1S/C28H25Br2ClFN3O3/c1-5-37-22-12-17(23(30)24(31)25(22)38-15-16-6-9-19(32)10-7-16)14-33-35-26(36)20-13-18(29)8-11-21(20)34-27(35)28(2,3)4/h6-14H,5,15H2,1-4H3. The lowest BCUT2D eigenvalue weighted by atomic mass is 9.95. The SMILES string of the molecule is CCOc1cc(C=Nn2c(C(C)(C)C)nc3ccc(Br)cc3c2=O)c(Br)c(Cl)c1OCc1ccc(F)cc1. The molecule has 0 saturated carbocycles. The number of hydrogen-bond donors (Lipinski definition) is 0. The zero-order chi connectivity index (χ0) is 27.6. The van der Waals surface area contributed by atoms with Gasteiger partial charge in [-0.15, -0.1) is 0 Å². The van der Waals surface area contributed by atoms with E-state index in [1.807, 2.05) is 33.8 Å². The zero-order valence-electron chi connectivity index (χ0n) is 21.2. The minimum atomic E-state index is -0.457. The molecule has 38 heavy (non-hydrogen) atoms. The highest BCUT2D eigenvalue weighted by molar-refractivity contribution is 9.10. The normalized spacial score (nSPS) is 11.9. The molecule has 0 unspecified atom stereocenters. The van der Waals surface area contributed by atoms with E-state index in [1.165, 1.54) is 23.0 Å². The molecule has 0 saturated heterocycles. The fourth-order valence-electron chi connectivity index (χ4n) is 3.69. The first-order valence-electron chi connectivity index (χ1n) is 11.8. The van der Waals surface area contributed by atoms with Crippen molar-refractivity contribution in [3.8, 4) is 11.5 Å². The van der Waals surface area contributed by atoms with Crippen LogP contribution in [-0.2, 0) is 12.0 Å². The minimum absolute atomic E-state index is 0.169. The van der Waals surface area contributed by atoms with Crippen molar-refractivity contribution in [2.24, 2.45) is 5.10 Å².